The summed E-state index contributed by atoms with van der Waals surface area (Å²) in [6.07, 6.45) is 4.72. The minimum absolute atomic E-state index is 0.00334. The largest absolute Gasteiger partial charge is 0.457 e. The number of anilines is 1. The number of pyridine rings is 1. The number of rotatable bonds is 5. The highest BCUT2D eigenvalue weighted by Gasteiger charge is 2.34. The number of para-hydroxylation sites is 1. The van der Waals surface area contributed by atoms with Gasteiger partial charge < -0.3 is 4.74 Å². The Bertz CT molecular complexity index is 1500. The van der Waals surface area contributed by atoms with Gasteiger partial charge in [0, 0.05) is 28.5 Å². The standard InChI is InChI=1S/C28H18ClN3O3S/c29-25-9-5-4-8-23(25)22-14-15-30-17-18(22)16-24-26(33)31-28(36)32(27(24)34)19-10-12-21(13-11-19)35-20-6-2-1-3-7-20/h1-17H,(H,31,33,36)/b24-16+. The summed E-state index contributed by atoms with van der Waals surface area (Å²) in [6.45, 7) is 0. The first-order valence-corrected chi connectivity index (χ1v) is 11.7. The summed E-state index contributed by atoms with van der Waals surface area (Å²) in [5.74, 6) is 0.159. The molecule has 1 aliphatic heterocycles. The molecule has 0 saturated carbocycles. The highest BCUT2D eigenvalue weighted by atomic mass is 35.5. The van der Waals surface area contributed by atoms with Crippen LogP contribution in [0.4, 0.5) is 5.69 Å². The molecule has 1 saturated heterocycles. The van der Waals surface area contributed by atoms with E-state index in [9.17, 15) is 9.59 Å². The van der Waals surface area contributed by atoms with Gasteiger partial charge in [-0.3, -0.25) is 24.8 Å². The molecule has 6 nitrogen and oxygen atoms in total. The first-order valence-electron chi connectivity index (χ1n) is 10.9. The molecule has 0 aliphatic carbocycles. The second-order valence-electron chi connectivity index (χ2n) is 7.81. The SMILES string of the molecule is O=C1NC(=S)N(c2ccc(Oc3ccccc3)cc2)C(=O)/C1=C/c1cnccc1-c1ccccc1Cl. The third-order valence-corrected chi connectivity index (χ3v) is 6.11. The molecule has 36 heavy (non-hydrogen) atoms. The molecular weight excluding hydrogens is 494 g/mol. The topological polar surface area (TPSA) is 71.5 Å². The first-order chi connectivity index (χ1) is 17.5. The lowest BCUT2D eigenvalue weighted by atomic mass is 9.99. The van der Waals surface area contributed by atoms with Crippen molar-refractivity contribution in [1.29, 1.82) is 0 Å². The van der Waals surface area contributed by atoms with Gasteiger partial charge in [-0.2, -0.15) is 0 Å². The number of aromatic nitrogens is 1. The summed E-state index contributed by atoms with van der Waals surface area (Å²) in [4.78, 5) is 31.7. The van der Waals surface area contributed by atoms with Crippen LogP contribution in [0.1, 0.15) is 5.56 Å². The van der Waals surface area contributed by atoms with E-state index in [1.807, 2.05) is 48.5 Å². The predicted molar refractivity (Wildman–Crippen MR) is 144 cm³/mol. The molecule has 1 N–H and O–H groups in total. The van der Waals surface area contributed by atoms with Gasteiger partial charge in [-0.25, -0.2) is 0 Å². The lowest BCUT2D eigenvalue weighted by Gasteiger charge is -2.29. The van der Waals surface area contributed by atoms with Gasteiger partial charge >= 0.3 is 0 Å². The smallest absolute Gasteiger partial charge is 0.270 e. The van der Waals surface area contributed by atoms with Crippen molar-refractivity contribution in [3.8, 4) is 22.6 Å². The Hall–Kier alpha value is -4.33. The molecule has 0 unspecified atom stereocenters. The number of hydrogen-bond acceptors (Lipinski definition) is 5. The van der Waals surface area contributed by atoms with Gasteiger partial charge in [-0.15, -0.1) is 0 Å². The zero-order chi connectivity index (χ0) is 25.1. The van der Waals surface area contributed by atoms with Crippen LogP contribution in [0.25, 0.3) is 17.2 Å². The molecule has 4 aromatic rings. The van der Waals surface area contributed by atoms with E-state index >= 15 is 0 Å². The van der Waals surface area contributed by atoms with E-state index in [-0.39, 0.29) is 10.7 Å². The summed E-state index contributed by atoms with van der Waals surface area (Å²) in [5, 5.41) is 3.15. The second kappa shape index (κ2) is 10.1. The van der Waals surface area contributed by atoms with Crippen molar-refractivity contribution in [3.05, 3.63) is 113 Å². The third-order valence-electron chi connectivity index (χ3n) is 5.49. The van der Waals surface area contributed by atoms with E-state index in [4.69, 9.17) is 28.6 Å². The zero-order valence-corrected chi connectivity index (χ0v) is 20.3. The number of nitrogens with zero attached hydrogens (tertiary/aromatic N) is 2. The van der Waals surface area contributed by atoms with Crippen LogP contribution in [0, 0.1) is 0 Å². The Kier molecular flexibility index (Phi) is 6.58. The van der Waals surface area contributed by atoms with Crippen LogP contribution in [0.5, 0.6) is 11.5 Å². The fourth-order valence-electron chi connectivity index (χ4n) is 3.78. The molecule has 0 bridgehead atoms. The Morgan fingerprint density at radius 3 is 2.31 bits per heavy atom. The van der Waals surface area contributed by atoms with Gasteiger partial charge in [-0.1, -0.05) is 48.0 Å². The van der Waals surface area contributed by atoms with E-state index in [2.05, 4.69) is 10.3 Å². The Morgan fingerprint density at radius 2 is 1.56 bits per heavy atom. The summed E-state index contributed by atoms with van der Waals surface area (Å²) < 4.78 is 5.82. The second-order valence-corrected chi connectivity index (χ2v) is 8.60. The Labute approximate surface area is 217 Å². The number of nitrogens with one attached hydrogen (secondary N) is 1. The number of thiocarbonyl (C=S) groups is 1. The normalized spacial score (nSPS) is 14.6. The van der Waals surface area contributed by atoms with Crippen LogP contribution in [0.3, 0.4) is 0 Å². The maximum absolute atomic E-state index is 13.5. The van der Waals surface area contributed by atoms with Crippen molar-refractivity contribution in [1.82, 2.24) is 10.3 Å². The van der Waals surface area contributed by atoms with Crippen molar-refractivity contribution < 1.29 is 14.3 Å². The van der Waals surface area contributed by atoms with E-state index in [1.54, 1.807) is 48.8 Å². The molecule has 1 aromatic heterocycles. The molecule has 0 atom stereocenters. The van der Waals surface area contributed by atoms with Crippen molar-refractivity contribution in [3.63, 3.8) is 0 Å². The lowest BCUT2D eigenvalue weighted by Crippen LogP contribution is -2.54. The average molecular weight is 512 g/mol. The van der Waals surface area contributed by atoms with Gasteiger partial charge in [0.05, 0.1) is 5.69 Å². The number of benzene rings is 3. The molecule has 8 heteroatoms. The van der Waals surface area contributed by atoms with Crippen LogP contribution < -0.4 is 15.0 Å². The molecule has 176 valence electrons. The maximum atomic E-state index is 13.5. The minimum Gasteiger partial charge on any atom is -0.457 e. The van der Waals surface area contributed by atoms with Crippen LogP contribution in [0.2, 0.25) is 5.02 Å². The summed E-state index contributed by atoms with van der Waals surface area (Å²) >= 11 is 11.7. The first kappa shape index (κ1) is 23.4. The molecule has 0 spiro atoms. The van der Waals surface area contributed by atoms with E-state index in [0.29, 0.717) is 27.8 Å². The van der Waals surface area contributed by atoms with Crippen LogP contribution >= 0.6 is 23.8 Å². The van der Waals surface area contributed by atoms with Crippen molar-refractivity contribution in [2.45, 2.75) is 0 Å². The molecule has 3 aromatic carbocycles. The quantitative estimate of drug-likeness (QED) is 0.201. The Morgan fingerprint density at radius 1 is 0.861 bits per heavy atom. The molecule has 1 aliphatic rings. The number of halogens is 1. The van der Waals surface area contributed by atoms with Gasteiger partial charge in [0.1, 0.15) is 17.1 Å². The molecular formula is C28H18ClN3O3S. The van der Waals surface area contributed by atoms with Gasteiger partial charge in [0.25, 0.3) is 11.8 Å². The van der Waals surface area contributed by atoms with E-state index in [0.717, 1.165) is 11.1 Å². The lowest BCUT2D eigenvalue weighted by molar-refractivity contribution is -0.122. The van der Waals surface area contributed by atoms with Gasteiger partial charge in [0.2, 0.25) is 0 Å². The number of amides is 2. The summed E-state index contributed by atoms with van der Waals surface area (Å²) in [7, 11) is 0. The van der Waals surface area contributed by atoms with Crippen LogP contribution in [-0.4, -0.2) is 21.9 Å². The van der Waals surface area contributed by atoms with E-state index in [1.165, 1.54) is 11.0 Å². The third kappa shape index (κ3) is 4.75. The average Bonchev–Trinajstić information content (AvgIpc) is 2.89. The molecule has 2 heterocycles. The Balaban J connectivity index is 1.47. The molecule has 5 rings (SSSR count). The van der Waals surface area contributed by atoms with Crippen molar-refractivity contribution in [2.24, 2.45) is 0 Å². The molecule has 2 amide bonds. The molecule has 0 radical (unpaired) electrons. The van der Waals surface area contributed by atoms with E-state index < -0.39 is 11.8 Å². The van der Waals surface area contributed by atoms with Crippen LogP contribution in [0.15, 0.2) is 103 Å². The van der Waals surface area contributed by atoms with Crippen molar-refractivity contribution >= 4 is 52.5 Å². The fraction of sp³-hybridized carbons (Fsp3) is 0. The summed E-state index contributed by atoms with van der Waals surface area (Å²) in [6, 6.07) is 25.3. The maximum Gasteiger partial charge on any atom is 0.270 e. The summed E-state index contributed by atoms with van der Waals surface area (Å²) in [5.41, 5.74) is 2.50. The van der Waals surface area contributed by atoms with Crippen LogP contribution in [-0.2, 0) is 9.59 Å². The van der Waals surface area contributed by atoms with Crippen molar-refractivity contribution in [2.75, 3.05) is 4.90 Å². The highest BCUT2D eigenvalue weighted by molar-refractivity contribution is 7.80. The minimum atomic E-state index is -0.584. The highest BCUT2D eigenvalue weighted by Crippen LogP contribution is 2.32. The predicted octanol–water partition coefficient (Wildman–Crippen LogP) is 6.03. The monoisotopic (exact) mass is 511 g/mol. The van der Waals surface area contributed by atoms with Gasteiger partial charge in [-0.05, 0) is 72.4 Å². The zero-order valence-electron chi connectivity index (χ0n) is 18.7. The number of carbonyl (C=O) groups excluding carboxylic acids is 2. The van der Waals surface area contributed by atoms with Gasteiger partial charge in [0.15, 0.2) is 5.11 Å². The molecule has 1 fully saturated rings. The number of carbonyl (C=O) groups is 2. The number of hydrogen-bond donors (Lipinski definition) is 1. The fourth-order valence-corrected chi connectivity index (χ4v) is 4.30. The number of ether oxygens (including phenoxy) is 1.